The third-order valence-electron chi connectivity index (χ3n) is 3.16. The number of thiazole rings is 1. The maximum absolute atomic E-state index is 12.2. The van der Waals surface area contributed by atoms with E-state index in [0.717, 1.165) is 28.3 Å². The molecule has 2 aromatic rings. The number of hydrogen-bond acceptors (Lipinski definition) is 6. The fourth-order valence-corrected chi connectivity index (χ4v) is 3.71. The maximum Gasteiger partial charge on any atom is 0.341 e. The minimum absolute atomic E-state index is 0.0736. The predicted molar refractivity (Wildman–Crippen MR) is 91.6 cm³/mol. The number of aryl methyl sites for hydroxylation is 2. The molecule has 2 heterocycles. The summed E-state index contributed by atoms with van der Waals surface area (Å²) in [6.45, 7) is 5.67. The van der Waals surface area contributed by atoms with Crippen LogP contribution in [0, 0.1) is 6.92 Å². The number of aromatic nitrogens is 1. The summed E-state index contributed by atoms with van der Waals surface area (Å²) >= 11 is 2.40. The molecular formula is C15H18N2O4S2. The molecule has 0 aliphatic heterocycles. The molecule has 0 radical (unpaired) electrons. The number of carbonyl (C=O) groups excluding carboxylic acids is 2. The van der Waals surface area contributed by atoms with Gasteiger partial charge in [0.15, 0.2) is 0 Å². The molecule has 2 rings (SSSR count). The molecule has 0 saturated carbocycles. The average Bonchev–Trinajstić information content (AvgIpc) is 3.05. The largest absolute Gasteiger partial charge is 0.462 e. The van der Waals surface area contributed by atoms with Crippen molar-refractivity contribution in [3.63, 3.8) is 0 Å². The van der Waals surface area contributed by atoms with Gasteiger partial charge in [-0.25, -0.2) is 4.79 Å². The van der Waals surface area contributed by atoms with Crippen molar-refractivity contribution in [2.45, 2.75) is 33.7 Å². The topological polar surface area (TPSA) is 77.4 Å². The average molecular weight is 354 g/mol. The second-order valence-electron chi connectivity index (χ2n) is 4.81. The van der Waals surface area contributed by atoms with E-state index in [1.165, 1.54) is 15.9 Å². The lowest BCUT2D eigenvalue weighted by Gasteiger charge is -2.07. The Morgan fingerprint density at radius 1 is 1.35 bits per heavy atom. The SMILES string of the molecule is CCOC(=O)c1cc(CC)sc1NC(=O)Cn1c(C)csc1=O. The number of nitrogens with zero attached hydrogens (tertiary/aromatic N) is 1. The van der Waals surface area contributed by atoms with Crippen molar-refractivity contribution in [2.24, 2.45) is 0 Å². The molecule has 23 heavy (non-hydrogen) atoms. The minimum atomic E-state index is -0.456. The summed E-state index contributed by atoms with van der Waals surface area (Å²) < 4.78 is 6.42. The molecule has 0 bridgehead atoms. The molecule has 0 fully saturated rings. The Hall–Kier alpha value is -1.93. The fourth-order valence-electron chi connectivity index (χ4n) is 1.98. The second-order valence-corrected chi connectivity index (χ2v) is 6.76. The second kappa shape index (κ2) is 7.56. The van der Waals surface area contributed by atoms with Crippen molar-refractivity contribution in [1.82, 2.24) is 4.57 Å². The summed E-state index contributed by atoms with van der Waals surface area (Å²) in [5.41, 5.74) is 1.10. The van der Waals surface area contributed by atoms with Gasteiger partial charge in [0.2, 0.25) is 5.91 Å². The highest BCUT2D eigenvalue weighted by molar-refractivity contribution is 7.16. The Morgan fingerprint density at radius 2 is 2.09 bits per heavy atom. The first-order valence-electron chi connectivity index (χ1n) is 7.20. The fraction of sp³-hybridized carbons (Fsp3) is 0.400. The molecule has 124 valence electrons. The normalized spacial score (nSPS) is 10.6. The number of hydrogen-bond donors (Lipinski definition) is 1. The number of esters is 1. The molecule has 0 aliphatic carbocycles. The number of nitrogens with one attached hydrogen (secondary N) is 1. The van der Waals surface area contributed by atoms with Crippen LogP contribution in [0.3, 0.4) is 0 Å². The summed E-state index contributed by atoms with van der Waals surface area (Å²) in [7, 11) is 0. The van der Waals surface area contributed by atoms with Crippen LogP contribution in [0.15, 0.2) is 16.2 Å². The molecule has 0 atom stereocenters. The number of carbonyl (C=O) groups is 2. The van der Waals surface area contributed by atoms with E-state index in [-0.39, 0.29) is 23.9 Å². The lowest BCUT2D eigenvalue weighted by molar-refractivity contribution is -0.116. The number of ether oxygens (including phenoxy) is 1. The lowest BCUT2D eigenvalue weighted by atomic mass is 10.2. The Bertz CT molecular complexity index is 773. The van der Waals surface area contributed by atoms with Crippen molar-refractivity contribution in [2.75, 3.05) is 11.9 Å². The summed E-state index contributed by atoms with van der Waals surface area (Å²) in [6.07, 6.45) is 0.760. The number of anilines is 1. The lowest BCUT2D eigenvalue weighted by Crippen LogP contribution is -2.25. The Kier molecular flexibility index (Phi) is 5.73. The molecule has 6 nitrogen and oxygen atoms in total. The highest BCUT2D eigenvalue weighted by Gasteiger charge is 2.19. The van der Waals surface area contributed by atoms with E-state index < -0.39 is 5.97 Å². The minimum Gasteiger partial charge on any atom is -0.462 e. The van der Waals surface area contributed by atoms with Crippen LogP contribution in [-0.2, 0) is 22.5 Å². The smallest absolute Gasteiger partial charge is 0.341 e. The van der Waals surface area contributed by atoms with Crippen LogP contribution < -0.4 is 10.2 Å². The van der Waals surface area contributed by atoms with Gasteiger partial charge in [-0.15, -0.1) is 11.3 Å². The zero-order valence-electron chi connectivity index (χ0n) is 13.2. The molecule has 0 unspecified atom stereocenters. The Morgan fingerprint density at radius 3 is 2.65 bits per heavy atom. The number of thiophene rings is 1. The van der Waals surface area contributed by atoms with Crippen molar-refractivity contribution in [1.29, 1.82) is 0 Å². The van der Waals surface area contributed by atoms with E-state index in [2.05, 4.69) is 5.32 Å². The summed E-state index contributed by atoms with van der Waals surface area (Å²) in [4.78, 5) is 36.7. The molecule has 0 aromatic carbocycles. The van der Waals surface area contributed by atoms with E-state index in [1.807, 2.05) is 6.92 Å². The molecule has 2 aromatic heterocycles. The van der Waals surface area contributed by atoms with E-state index in [0.29, 0.717) is 10.6 Å². The monoisotopic (exact) mass is 354 g/mol. The zero-order valence-corrected chi connectivity index (χ0v) is 14.8. The highest BCUT2D eigenvalue weighted by atomic mass is 32.1. The van der Waals surface area contributed by atoms with E-state index in [9.17, 15) is 14.4 Å². The standard InChI is InChI=1S/C15H18N2O4S2/c1-4-10-6-11(14(19)21-5-2)13(23-10)16-12(18)7-17-9(3)8-22-15(17)20/h6,8H,4-5,7H2,1-3H3,(H,16,18). The first kappa shape index (κ1) is 17.4. The van der Waals surface area contributed by atoms with Gasteiger partial charge in [0.1, 0.15) is 11.5 Å². The zero-order chi connectivity index (χ0) is 17.0. The third-order valence-corrected chi connectivity index (χ3v) is 5.23. The summed E-state index contributed by atoms with van der Waals surface area (Å²) in [5.74, 6) is -0.800. The maximum atomic E-state index is 12.2. The van der Waals surface area contributed by atoms with Gasteiger partial charge in [0.25, 0.3) is 0 Å². The molecule has 0 spiro atoms. The highest BCUT2D eigenvalue weighted by Crippen LogP contribution is 2.29. The molecule has 1 amide bonds. The molecule has 0 saturated heterocycles. The predicted octanol–water partition coefficient (Wildman–Crippen LogP) is 2.66. The van der Waals surface area contributed by atoms with Crippen molar-refractivity contribution in [3.8, 4) is 0 Å². The van der Waals surface area contributed by atoms with Gasteiger partial charge in [-0.3, -0.25) is 14.2 Å². The molecular weight excluding hydrogens is 336 g/mol. The van der Waals surface area contributed by atoms with Crippen LogP contribution in [0.25, 0.3) is 0 Å². The van der Waals surface area contributed by atoms with Crippen molar-refractivity contribution >= 4 is 39.6 Å². The van der Waals surface area contributed by atoms with E-state index >= 15 is 0 Å². The van der Waals surface area contributed by atoms with Gasteiger partial charge < -0.3 is 10.1 Å². The van der Waals surface area contributed by atoms with Gasteiger partial charge in [-0.1, -0.05) is 18.3 Å². The summed E-state index contributed by atoms with van der Waals surface area (Å²) in [5, 5.41) is 4.89. The number of amides is 1. The van der Waals surface area contributed by atoms with Crippen LogP contribution in [0.5, 0.6) is 0 Å². The first-order valence-corrected chi connectivity index (χ1v) is 8.90. The molecule has 0 aliphatic rings. The van der Waals surface area contributed by atoms with Crippen LogP contribution in [-0.4, -0.2) is 23.1 Å². The van der Waals surface area contributed by atoms with Crippen molar-refractivity contribution < 1.29 is 14.3 Å². The quantitative estimate of drug-likeness (QED) is 0.809. The van der Waals surface area contributed by atoms with Crippen LogP contribution in [0.4, 0.5) is 5.00 Å². The van der Waals surface area contributed by atoms with E-state index in [1.54, 1.807) is 25.3 Å². The molecule has 8 heteroatoms. The van der Waals surface area contributed by atoms with Crippen molar-refractivity contribution in [3.05, 3.63) is 37.2 Å². The third kappa shape index (κ3) is 4.08. The van der Waals surface area contributed by atoms with Gasteiger partial charge in [0.05, 0.1) is 12.2 Å². The van der Waals surface area contributed by atoms with Gasteiger partial charge in [-0.2, -0.15) is 0 Å². The van der Waals surface area contributed by atoms with E-state index in [4.69, 9.17) is 4.74 Å². The van der Waals surface area contributed by atoms with Gasteiger partial charge >= 0.3 is 10.8 Å². The van der Waals surface area contributed by atoms with Gasteiger partial charge in [0, 0.05) is 16.0 Å². The Balaban J connectivity index is 2.18. The van der Waals surface area contributed by atoms with Gasteiger partial charge in [-0.05, 0) is 26.3 Å². The Labute approximate surface area is 141 Å². The first-order chi connectivity index (χ1) is 11.0. The molecule has 1 N–H and O–H groups in total. The number of rotatable bonds is 6. The van der Waals surface area contributed by atoms with Crippen LogP contribution in [0.2, 0.25) is 0 Å². The summed E-state index contributed by atoms with van der Waals surface area (Å²) in [6, 6.07) is 1.74. The van der Waals surface area contributed by atoms with Crippen LogP contribution >= 0.6 is 22.7 Å². The van der Waals surface area contributed by atoms with Crippen LogP contribution in [0.1, 0.15) is 34.8 Å².